The summed E-state index contributed by atoms with van der Waals surface area (Å²) in [6, 6.07) is 11.9. The van der Waals surface area contributed by atoms with Gasteiger partial charge in [-0.2, -0.15) is 0 Å². The van der Waals surface area contributed by atoms with Crippen molar-refractivity contribution in [1.29, 1.82) is 0 Å². The predicted molar refractivity (Wildman–Crippen MR) is 78.6 cm³/mol. The minimum Gasteiger partial charge on any atom is -0.391 e. The second-order valence-corrected chi connectivity index (χ2v) is 4.29. The molecule has 22 heavy (non-hydrogen) atoms. The van der Waals surface area contributed by atoms with Gasteiger partial charge >= 0.3 is 0 Å². The van der Waals surface area contributed by atoms with Crippen LogP contribution in [0.15, 0.2) is 53.7 Å². The smallest absolute Gasteiger partial charge is 0.270 e. The maximum atomic E-state index is 10.6. The van der Waals surface area contributed by atoms with Crippen LogP contribution in [0.4, 0.5) is 11.4 Å². The van der Waals surface area contributed by atoms with Gasteiger partial charge in [0.2, 0.25) is 0 Å². The van der Waals surface area contributed by atoms with Crippen molar-refractivity contribution < 1.29 is 14.7 Å². The Bertz CT molecular complexity index is 730. The number of nitro benzene ring substituents is 2. The Morgan fingerprint density at radius 2 is 1.64 bits per heavy atom. The standard InChI is InChI=1S/C14H11N3O5/c18-16(19)13-5-1-3-11(7-13)9-15-22-10-12-4-2-6-14(8-12)17(20)21/h1-9H,10H2/b15-9+. The first-order chi connectivity index (χ1) is 10.6. The fraction of sp³-hybridized carbons (Fsp3) is 0.0714. The second-order valence-electron chi connectivity index (χ2n) is 4.29. The number of rotatable bonds is 6. The highest BCUT2D eigenvalue weighted by Gasteiger charge is 2.06. The molecule has 0 unspecified atom stereocenters. The van der Waals surface area contributed by atoms with Crippen LogP contribution in [0.2, 0.25) is 0 Å². The molecule has 0 spiro atoms. The van der Waals surface area contributed by atoms with Crippen molar-refractivity contribution in [2.75, 3.05) is 0 Å². The normalized spacial score (nSPS) is 10.5. The molecule has 2 aromatic carbocycles. The van der Waals surface area contributed by atoms with Gasteiger partial charge in [0.1, 0.15) is 6.61 Å². The number of hydrogen-bond acceptors (Lipinski definition) is 6. The molecule has 0 N–H and O–H groups in total. The molecule has 0 radical (unpaired) electrons. The van der Waals surface area contributed by atoms with Crippen LogP contribution in [0, 0.1) is 20.2 Å². The molecule has 2 rings (SSSR count). The van der Waals surface area contributed by atoms with E-state index in [0.717, 1.165) is 0 Å². The maximum absolute atomic E-state index is 10.6. The van der Waals surface area contributed by atoms with E-state index in [-0.39, 0.29) is 18.0 Å². The fourth-order valence-corrected chi connectivity index (χ4v) is 1.69. The quantitative estimate of drug-likeness (QED) is 0.463. The zero-order chi connectivity index (χ0) is 15.9. The summed E-state index contributed by atoms with van der Waals surface area (Å²) >= 11 is 0. The predicted octanol–water partition coefficient (Wildman–Crippen LogP) is 3.05. The number of hydrogen-bond donors (Lipinski definition) is 0. The Balaban J connectivity index is 1.96. The Morgan fingerprint density at radius 1 is 1.00 bits per heavy atom. The lowest BCUT2D eigenvalue weighted by Crippen LogP contribution is -1.92. The van der Waals surface area contributed by atoms with Crippen molar-refractivity contribution in [3.8, 4) is 0 Å². The van der Waals surface area contributed by atoms with Gasteiger partial charge in [-0.05, 0) is 5.56 Å². The molecule has 0 aliphatic heterocycles. The molecule has 0 bridgehead atoms. The van der Waals surface area contributed by atoms with E-state index in [4.69, 9.17) is 4.84 Å². The average molecular weight is 301 g/mol. The molecule has 0 aromatic heterocycles. The zero-order valence-corrected chi connectivity index (χ0v) is 11.3. The molecule has 8 heteroatoms. The molecule has 0 saturated carbocycles. The third kappa shape index (κ3) is 4.10. The van der Waals surface area contributed by atoms with Crippen LogP contribution < -0.4 is 0 Å². The van der Waals surface area contributed by atoms with E-state index in [1.54, 1.807) is 24.3 Å². The van der Waals surface area contributed by atoms with Crippen molar-refractivity contribution in [2.45, 2.75) is 6.61 Å². The Morgan fingerprint density at radius 3 is 2.32 bits per heavy atom. The third-order valence-corrected chi connectivity index (χ3v) is 2.71. The fourth-order valence-electron chi connectivity index (χ4n) is 1.69. The van der Waals surface area contributed by atoms with Crippen LogP contribution in [0.5, 0.6) is 0 Å². The van der Waals surface area contributed by atoms with Gasteiger partial charge in [0.15, 0.2) is 0 Å². The van der Waals surface area contributed by atoms with E-state index in [0.29, 0.717) is 11.1 Å². The largest absolute Gasteiger partial charge is 0.391 e. The first-order valence-electron chi connectivity index (χ1n) is 6.19. The van der Waals surface area contributed by atoms with Crippen molar-refractivity contribution in [2.24, 2.45) is 5.16 Å². The van der Waals surface area contributed by atoms with E-state index >= 15 is 0 Å². The highest BCUT2D eigenvalue weighted by atomic mass is 16.6. The van der Waals surface area contributed by atoms with E-state index in [9.17, 15) is 20.2 Å². The molecule has 0 saturated heterocycles. The highest BCUT2D eigenvalue weighted by molar-refractivity contribution is 5.80. The van der Waals surface area contributed by atoms with Gasteiger partial charge in [0.05, 0.1) is 16.1 Å². The maximum Gasteiger partial charge on any atom is 0.270 e. The summed E-state index contributed by atoms with van der Waals surface area (Å²) in [5, 5.41) is 25.0. The van der Waals surface area contributed by atoms with E-state index < -0.39 is 9.85 Å². The van der Waals surface area contributed by atoms with Gasteiger partial charge in [0.25, 0.3) is 11.4 Å². The molecule has 0 atom stereocenters. The van der Waals surface area contributed by atoms with Crippen LogP contribution in [-0.4, -0.2) is 16.1 Å². The lowest BCUT2D eigenvalue weighted by molar-refractivity contribution is -0.385. The molecule has 0 fully saturated rings. The number of non-ortho nitro benzene ring substituents is 2. The minimum atomic E-state index is -0.499. The summed E-state index contributed by atoms with van der Waals surface area (Å²) in [4.78, 5) is 25.3. The van der Waals surface area contributed by atoms with Crippen molar-refractivity contribution in [3.63, 3.8) is 0 Å². The van der Waals surface area contributed by atoms with Gasteiger partial charge in [-0.3, -0.25) is 20.2 Å². The summed E-state index contributed by atoms with van der Waals surface area (Å²) in [7, 11) is 0. The second kappa shape index (κ2) is 6.93. The molecular formula is C14H11N3O5. The minimum absolute atomic E-state index is 0.0243. The SMILES string of the molecule is O=[N+]([O-])c1cccc(/C=N/OCc2cccc([N+](=O)[O-])c2)c1. The van der Waals surface area contributed by atoms with Crippen LogP contribution in [-0.2, 0) is 11.4 Å². The molecule has 8 nitrogen and oxygen atoms in total. The van der Waals surface area contributed by atoms with Crippen molar-refractivity contribution in [3.05, 3.63) is 79.9 Å². The number of nitrogens with zero attached hydrogens (tertiary/aromatic N) is 3. The van der Waals surface area contributed by atoms with Crippen LogP contribution >= 0.6 is 0 Å². The zero-order valence-electron chi connectivity index (χ0n) is 11.3. The number of nitro groups is 2. The summed E-state index contributed by atoms with van der Waals surface area (Å²) in [6.07, 6.45) is 1.34. The van der Waals surface area contributed by atoms with Crippen LogP contribution in [0.25, 0.3) is 0 Å². The summed E-state index contributed by atoms with van der Waals surface area (Å²) < 4.78 is 0. The molecule has 0 amide bonds. The van der Waals surface area contributed by atoms with Gasteiger partial charge in [-0.15, -0.1) is 0 Å². The van der Waals surface area contributed by atoms with Crippen molar-refractivity contribution >= 4 is 17.6 Å². The van der Waals surface area contributed by atoms with Crippen LogP contribution in [0.3, 0.4) is 0 Å². The molecule has 0 heterocycles. The topological polar surface area (TPSA) is 108 Å². The average Bonchev–Trinajstić information content (AvgIpc) is 2.52. The summed E-state index contributed by atoms with van der Waals surface area (Å²) in [5.41, 5.74) is 1.06. The lowest BCUT2D eigenvalue weighted by atomic mass is 10.2. The van der Waals surface area contributed by atoms with Crippen molar-refractivity contribution in [1.82, 2.24) is 0 Å². The first-order valence-corrected chi connectivity index (χ1v) is 6.19. The van der Waals surface area contributed by atoms with E-state index in [2.05, 4.69) is 5.16 Å². The van der Waals surface area contributed by atoms with Gasteiger partial charge in [-0.25, -0.2) is 0 Å². The Labute approximate surface area is 124 Å². The Kier molecular flexibility index (Phi) is 4.76. The third-order valence-electron chi connectivity index (χ3n) is 2.71. The molecule has 112 valence electrons. The molecule has 2 aromatic rings. The van der Waals surface area contributed by atoms with Crippen LogP contribution in [0.1, 0.15) is 11.1 Å². The van der Waals surface area contributed by atoms with Gasteiger partial charge in [-0.1, -0.05) is 29.4 Å². The molecular weight excluding hydrogens is 290 g/mol. The number of oxime groups is 1. The summed E-state index contributed by atoms with van der Waals surface area (Å²) in [6.45, 7) is 0.0626. The summed E-state index contributed by atoms with van der Waals surface area (Å²) in [5.74, 6) is 0. The van der Waals surface area contributed by atoms with E-state index in [1.165, 1.54) is 30.5 Å². The Hall–Kier alpha value is -3.29. The lowest BCUT2D eigenvalue weighted by Gasteiger charge is -2.00. The number of benzene rings is 2. The first kappa shape index (κ1) is 15.1. The highest BCUT2D eigenvalue weighted by Crippen LogP contribution is 2.14. The van der Waals surface area contributed by atoms with Gasteiger partial charge in [0, 0.05) is 29.8 Å². The van der Waals surface area contributed by atoms with E-state index in [1.807, 2.05) is 0 Å². The monoisotopic (exact) mass is 301 g/mol. The molecule has 0 aliphatic carbocycles. The van der Waals surface area contributed by atoms with Gasteiger partial charge < -0.3 is 4.84 Å². The molecule has 0 aliphatic rings.